The number of aromatic nitrogens is 1. The monoisotopic (exact) mass is 356 g/mol. The fraction of sp³-hybridized carbons (Fsp3) is 0.444. The first-order valence-electron chi connectivity index (χ1n) is 8.81. The lowest BCUT2D eigenvalue weighted by Crippen LogP contribution is -2.51. The van der Waals surface area contributed by atoms with Gasteiger partial charge in [-0.25, -0.2) is 0 Å². The smallest absolute Gasteiger partial charge is 0.278 e. The number of anilines is 1. The molecule has 0 aliphatic carbocycles. The van der Waals surface area contributed by atoms with Crippen LogP contribution in [0.1, 0.15) is 12.8 Å². The maximum Gasteiger partial charge on any atom is 0.278 e. The van der Waals surface area contributed by atoms with E-state index in [2.05, 4.69) is 9.88 Å². The molecule has 2 aromatic rings. The van der Waals surface area contributed by atoms with Crippen molar-refractivity contribution in [2.75, 3.05) is 37.7 Å². The summed E-state index contributed by atoms with van der Waals surface area (Å²) in [5.41, 5.74) is 1.00. The summed E-state index contributed by atoms with van der Waals surface area (Å²) < 4.78 is 5.50. The first-order chi connectivity index (χ1) is 12.6. The third-order valence-corrected chi connectivity index (χ3v) is 5.11. The predicted octanol–water partition coefficient (Wildman–Crippen LogP) is 1.97. The summed E-state index contributed by atoms with van der Waals surface area (Å²) in [6.45, 7) is 3.30. The van der Waals surface area contributed by atoms with Crippen molar-refractivity contribution in [2.24, 2.45) is 0 Å². The van der Waals surface area contributed by atoms with E-state index >= 15 is 0 Å². The number of piperazine rings is 1. The van der Waals surface area contributed by atoms with Crippen LogP contribution < -0.4 is 4.90 Å². The lowest BCUT2D eigenvalue weighted by atomic mass is 10.1. The molecule has 0 radical (unpaired) electrons. The molecule has 2 aliphatic rings. The van der Waals surface area contributed by atoms with Crippen molar-refractivity contribution < 1.29 is 14.5 Å². The number of ether oxygens (including phenoxy) is 1. The van der Waals surface area contributed by atoms with E-state index in [0.29, 0.717) is 38.2 Å². The molecule has 4 rings (SSSR count). The number of fused-ring (bicyclic) bond motifs is 1. The van der Waals surface area contributed by atoms with Gasteiger partial charge >= 0.3 is 0 Å². The molecule has 3 heterocycles. The molecule has 26 heavy (non-hydrogen) atoms. The van der Waals surface area contributed by atoms with Gasteiger partial charge in [0.25, 0.3) is 11.6 Å². The molecular weight excluding hydrogens is 336 g/mol. The summed E-state index contributed by atoms with van der Waals surface area (Å²) in [4.78, 5) is 31.4. The van der Waals surface area contributed by atoms with Crippen LogP contribution in [0, 0.1) is 10.1 Å². The second-order valence-corrected chi connectivity index (χ2v) is 6.60. The van der Waals surface area contributed by atoms with Crippen molar-refractivity contribution >= 4 is 28.1 Å². The summed E-state index contributed by atoms with van der Waals surface area (Å²) in [6.07, 6.45) is 4.65. The number of benzene rings is 1. The molecule has 2 fully saturated rings. The third-order valence-electron chi connectivity index (χ3n) is 5.11. The maximum atomic E-state index is 12.5. The summed E-state index contributed by atoms with van der Waals surface area (Å²) in [7, 11) is 0. The van der Waals surface area contributed by atoms with Crippen LogP contribution in [-0.4, -0.2) is 59.6 Å². The number of hydrogen-bond donors (Lipinski definition) is 0. The largest absolute Gasteiger partial charge is 0.368 e. The Morgan fingerprint density at radius 1 is 1.19 bits per heavy atom. The lowest BCUT2D eigenvalue weighted by molar-refractivity contribution is -0.383. The normalized spacial score (nSPS) is 20.5. The predicted molar refractivity (Wildman–Crippen MR) is 96.2 cm³/mol. The molecule has 1 amide bonds. The molecule has 1 aromatic heterocycles. The van der Waals surface area contributed by atoms with E-state index < -0.39 is 0 Å². The average Bonchev–Trinajstić information content (AvgIpc) is 3.21. The Morgan fingerprint density at radius 2 is 2.00 bits per heavy atom. The van der Waals surface area contributed by atoms with Gasteiger partial charge < -0.3 is 14.5 Å². The molecule has 1 aromatic carbocycles. The van der Waals surface area contributed by atoms with E-state index in [-0.39, 0.29) is 22.6 Å². The molecule has 8 nitrogen and oxygen atoms in total. The summed E-state index contributed by atoms with van der Waals surface area (Å²) >= 11 is 0. The highest BCUT2D eigenvalue weighted by atomic mass is 16.6. The van der Waals surface area contributed by atoms with Crippen LogP contribution in [0.5, 0.6) is 0 Å². The minimum atomic E-state index is -0.383. The summed E-state index contributed by atoms with van der Waals surface area (Å²) in [5.74, 6) is 0.0832. The van der Waals surface area contributed by atoms with Crippen LogP contribution in [0.3, 0.4) is 0 Å². The zero-order valence-corrected chi connectivity index (χ0v) is 14.3. The van der Waals surface area contributed by atoms with Gasteiger partial charge in [-0.15, -0.1) is 0 Å². The number of nitro benzene ring substituents is 1. The quantitative estimate of drug-likeness (QED) is 0.617. The fourth-order valence-electron chi connectivity index (χ4n) is 3.74. The average molecular weight is 356 g/mol. The standard InChI is InChI=1S/C18H20N4O4/c23-18(17-2-1-11-26-17)21-9-7-20(8-10-21)15-3-4-16(22(24)25)14-12-19-6-5-13(14)15/h3-6,12,17H,1-2,7-11H2/t17-/m1/s1. The van der Waals surface area contributed by atoms with Crippen LogP contribution in [0.25, 0.3) is 10.8 Å². The molecule has 1 atom stereocenters. The van der Waals surface area contributed by atoms with E-state index in [4.69, 9.17) is 4.74 Å². The zero-order chi connectivity index (χ0) is 18.1. The maximum absolute atomic E-state index is 12.5. The van der Waals surface area contributed by atoms with E-state index in [1.165, 1.54) is 12.3 Å². The second-order valence-electron chi connectivity index (χ2n) is 6.60. The highest BCUT2D eigenvalue weighted by Crippen LogP contribution is 2.33. The molecular formula is C18H20N4O4. The van der Waals surface area contributed by atoms with Gasteiger partial charge in [-0.1, -0.05) is 0 Å². The van der Waals surface area contributed by atoms with E-state index in [9.17, 15) is 14.9 Å². The topological polar surface area (TPSA) is 88.8 Å². The van der Waals surface area contributed by atoms with E-state index in [1.54, 1.807) is 12.3 Å². The third kappa shape index (κ3) is 2.96. The molecule has 2 saturated heterocycles. The first-order valence-corrected chi connectivity index (χ1v) is 8.81. The van der Waals surface area contributed by atoms with Crippen LogP contribution in [0.2, 0.25) is 0 Å². The Balaban J connectivity index is 1.54. The van der Waals surface area contributed by atoms with Crippen LogP contribution in [0.15, 0.2) is 30.6 Å². The molecule has 0 unspecified atom stereocenters. The zero-order valence-electron chi connectivity index (χ0n) is 14.3. The summed E-state index contributed by atoms with van der Waals surface area (Å²) in [6, 6.07) is 5.13. The van der Waals surface area contributed by atoms with Crippen LogP contribution in [0.4, 0.5) is 11.4 Å². The van der Waals surface area contributed by atoms with Crippen molar-refractivity contribution in [2.45, 2.75) is 18.9 Å². The second kappa shape index (κ2) is 6.87. The molecule has 136 valence electrons. The van der Waals surface area contributed by atoms with Crippen molar-refractivity contribution in [1.29, 1.82) is 0 Å². The molecule has 0 saturated carbocycles. The Kier molecular flexibility index (Phi) is 4.42. The Labute approximate surface area is 150 Å². The number of amides is 1. The van der Waals surface area contributed by atoms with Gasteiger partial charge in [0.2, 0.25) is 0 Å². The number of non-ortho nitro benzene ring substituents is 1. The number of pyridine rings is 1. The molecule has 0 N–H and O–H groups in total. The van der Waals surface area contributed by atoms with Crippen molar-refractivity contribution in [3.05, 3.63) is 40.7 Å². The van der Waals surface area contributed by atoms with Gasteiger partial charge in [0.1, 0.15) is 6.10 Å². The van der Waals surface area contributed by atoms with Gasteiger partial charge in [-0.2, -0.15) is 0 Å². The Hall–Kier alpha value is -2.74. The van der Waals surface area contributed by atoms with Crippen molar-refractivity contribution in [1.82, 2.24) is 9.88 Å². The number of carbonyl (C=O) groups is 1. The lowest BCUT2D eigenvalue weighted by Gasteiger charge is -2.37. The van der Waals surface area contributed by atoms with Crippen LogP contribution >= 0.6 is 0 Å². The SMILES string of the molecule is O=C([C@H]1CCCO1)N1CCN(c2ccc([N+](=O)[O-])c3cnccc23)CC1. The first kappa shape index (κ1) is 16.7. The summed E-state index contributed by atoms with van der Waals surface area (Å²) in [5, 5.41) is 12.6. The van der Waals surface area contributed by atoms with Gasteiger partial charge in [0.05, 0.1) is 10.3 Å². The fourth-order valence-corrected chi connectivity index (χ4v) is 3.74. The molecule has 2 aliphatic heterocycles. The highest BCUT2D eigenvalue weighted by molar-refractivity contribution is 5.99. The van der Waals surface area contributed by atoms with E-state index in [0.717, 1.165) is 23.9 Å². The van der Waals surface area contributed by atoms with Gasteiger partial charge in [0.15, 0.2) is 0 Å². The van der Waals surface area contributed by atoms with E-state index in [1.807, 2.05) is 11.0 Å². The highest BCUT2D eigenvalue weighted by Gasteiger charge is 2.30. The molecule has 0 spiro atoms. The number of carbonyl (C=O) groups excluding carboxylic acids is 1. The minimum Gasteiger partial charge on any atom is -0.368 e. The minimum absolute atomic E-state index is 0.0593. The Morgan fingerprint density at radius 3 is 2.69 bits per heavy atom. The van der Waals surface area contributed by atoms with Crippen molar-refractivity contribution in [3.63, 3.8) is 0 Å². The van der Waals surface area contributed by atoms with Crippen LogP contribution in [-0.2, 0) is 9.53 Å². The van der Waals surface area contributed by atoms with Gasteiger partial charge in [-0.3, -0.25) is 19.9 Å². The van der Waals surface area contributed by atoms with Crippen molar-refractivity contribution in [3.8, 4) is 0 Å². The number of nitrogens with zero attached hydrogens (tertiary/aromatic N) is 4. The molecule has 8 heteroatoms. The number of rotatable bonds is 3. The number of nitro groups is 1. The van der Waals surface area contributed by atoms with Gasteiger partial charge in [-0.05, 0) is 25.0 Å². The molecule has 0 bridgehead atoms. The number of hydrogen-bond acceptors (Lipinski definition) is 6. The Bertz CT molecular complexity index is 842. The van der Waals surface area contributed by atoms with Gasteiger partial charge in [0, 0.05) is 62.3 Å².